The van der Waals surface area contributed by atoms with E-state index in [1.54, 1.807) is 6.92 Å². The molecule has 5 nitrogen and oxygen atoms in total. The summed E-state index contributed by atoms with van der Waals surface area (Å²) in [6, 6.07) is 0.0895. The topological polar surface area (TPSA) is 66.9 Å². The zero-order chi connectivity index (χ0) is 11.7. The van der Waals surface area contributed by atoms with Crippen LogP contribution in [0.3, 0.4) is 0 Å². The second kappa shape index (κ2) is 4.25. The minimum absolute atomic E-state index is 0.0212. The summed E-state index contributed by atoms with van der Waals surface area (Å²) >= 11 is 5.79. The molecule has 2 N–H and O–H groups in total. The summed E-state index contributed by atoms with van der Waals surface area (Å²) in [5, 5.41) is 6.19. The van der Waals surface area contributed by atoms with E-state index in [4.69, 9.17) is 11.6 Å². The first-order valence-electron chi connectivity index (χ1n) is 5.20. The van der Waals surface area contributed by atoms with Crippen molar-refractivity contribution in [3.8, 4) is 0 Å². The lowest BCUT2D eigenvalue weighted by molar-refractivity contribution is -0.116. The van der Waals surface area contributed by atoms with Crippen molar-refractivity contribution in [2.24, 2.45) is 0 Å². The van der Waals surface area contributed by atoms with Gasteiger partial charge in [-0.1, -0.05) is 6.92 Å². The minimum Gasteiger partial charge on any atom is -0.365 e. The normalized spacial score (nSPS) is 19.4. The highest BCUT2D eigenvalue weighted by Gasteiger charge is 2.22. The molecule has 1 aliphatic rings. The fourth-order valence-corrected chi connectivity index (χ4v) is 1.91. The number of hydrogen-bond acceptors (Lipinski definition) is 4. The van der Waals surface area contributed by atoms with Gasteiger partial charge < -0.3 is 10.6 Å². The predicted octanol–water partition coefficient (Wildman–Crippen LogP) is 1.97. The molecule has 1 amide bonds. The number of rotatable bonds is 1. The van der Waals surface area contributed by atoms with E-state index < -0.39 is 0 Å². The summed E-state index contributed by atoms with van der Waals surface area (Å²) in [7, 11) is 0. The van der Waals surface area contributed by atoms with Crippen LogP contribution in [0.25, 0.3) is 0 Å². The van der Waals surface area contributed by atoms with Gasteiger partial charge in [-0.3, -0.25) is 4.79 Å². The van der Waals surface area contributed by atoms with Gasteiger partial charge in [0.1, 0.15) is 5.69 Å². The van der Waals surface area contributed by atoms with E-state index >= 15 is 0 Å². The van der Waals surface area contributed by atoms with E-state index in [9.17, 15) is 4.79 Å². The van der Waals surface area contributed by atoms with E-state index in [2.05, 4.69) is 20.6 Å². The van der Waals surface area contributed by atoms with Crippen LogP contribution in [0.1, 0.15) is 25.5 Å². The van der Waals surface area contributed by atoms with Crippen molar-refractivity contribution in [3.63, 3.8) is 0 Å². The van der Waals surface area contributed by atoms with Crippen LogP contribution in [0.4, 0.5) is 11.5 Å². The Morgan fingerprint density at radius 2 is 2.25 bits per heavy atom. The molecule has 0 bridgehead atoms. The maximum atomic E-state index is 11.6. The van der Waals surface area contributed by atoms with Crippen LogP contribution in [0.15, 0.2) is 0 Å². The van der Waals surface area contributed by atoms with Crippen molar-refractivity contribution in [2.75, 3.05) is 10.6 Å². The van der Waals surface area contributed by atoms with Gasteiger partial charge in [-0.05, 0) is 24.9 Å². The van der Waals surface area contributed by atoms with Crippen LogP contribution in [-0.2, 0) is 4.79 Å². The van der Waals surface area contributed by atoms with Crippen LogP contribution < -0.4 is 10.6 Å². The second-order valence-electron chi connectivity index (χ2n) is 3.80. The van der Waals surface area contributed by atoms with Gasteiger partial charge in [-0.15, -0.1) is 0 Å². The smallest absolute Gasteiger partial charge is 0.226 e. The summed E-state index contributed by atoms with van der Waals surface area (Å²) in [5.74, 6) is 0.585. The lowest BCUT2D eigenvalue weighted by atomic mass is 10.1. The zero-order valence-corrected chi connectivity index (χ0v) is 9.93. The SMILES string of the molecule is CCC1CC(=O)Nc2c(C)nc(Cl)nc2N1. The third kappa shape index (κ3) is 2.09. The highest BCUT2D eigenvalue weighted by molar-refractivity contribution is 6.28. The van der Waals surface area contributed by atoms with E-state index in [1.807, 2.05) is 6.92 Å². The largest absolute Gasteiger partial charge is 0.365 e. The maximum Gasteiger partial charge on any atom is 0.226 e. The number of carbonyl (C=O) groups excluding carboxylic acids is 1. The number of fused-ring (bicyclic) bond motifs is 1. The van der Waals surface area contributed by atoms with Gasteiger partial charge in [0.25, 0.3) is 0 Å². The van der Waals surface area contributed by atoms with Crippen LogP contribution in [0.2, 0.25) is 5.28 Å². The molecule has 0 spiro atoms. The molecular weight excluding hydrogens is 228 g/mol. The number of anilines is 2. The summed E-state index contributed by atoms with van der Waals surface area (Å²) in [5.41, 5.74) is 1.30. The second-order valence-corrected chi connectivity index (χ2v) is 4.14. The Balaban J connectivity index is 2.45. The summed E-state index contributed by atoms with van der Waals surface area (Å²) in [6.45, 7) is 3.81. The molecule has 0 aliphatic carbocycles. The monoisotopic (exact) mass is 240 g/mol. The molecule has 0 radical (unpaired) electrons. The van der Waals surface area contributed by atoms with E-state index in [1.165, 1.54) is 0 Å². The third-order valence-corrected chi connectivity index (χ3v) is 2.76. The molecule has 0 aromatic carbocycles. The fraction of sp³-hybridized carbons (Fsp3) is 0.500. The fourth-order valence-electron chi connectivity index (χ4n) is 1.70. The Morgan fingerprint density at radius 3 is 2.94 bits per heavy atom. The van der Waals surface area contributed by atoms with Gasteiger partial charge in [0.15, 0.2) is 5.82 Å². The lowest BCUT2D eigenvalue weighted by Crippen LogP contribution is -2.21. The van der Waals surface area contributed by atoms with Gasteiger partial charge in [0.05, 0.1) is 5.69 Å². The van der Waals surface area contributed by atoms with Crippen LogP contribution >= 0.6 is 11.6 Å². The first kappa shape index (κ1) is 11.1. The Labute approximate surface area is 98.6 Å². The van der Waals surface area contributed by atoms with E-state index in [0.717, 1.165) is 6.42 Å². The molecule has 1 unspecified atom stereocenters. The first-order valence-corrected chi connectivity index (χ1v) is 5.58. The minimum atomic E-state index is -0.0212. The Bertz CT molecular complexity index is 435. The molecule has 1 atom stereocenters. The Kier molecular flexibility index (Phi) is 2.96. The standard InChI is InChI=1S/C10H13ClN4O/c1-3-6-4-7(16)14-8-5(2)12-10(11)15-9(8)13-6/h6H,3-4H2,1-2H3,(H,14,16)(H,12,13,15). The summed E-state index contributed by atoms with van der Waals surface area (Å²) < 4.78 is 0. The molecule has 1 aromatic heterocycles. The predicted molar refractivity (Wildman–Crippen MR) is 62.7 cm³/mol. The van der Waals surface area contributed by atoms with Gasteiger partial charge in [0, 0.05) is 12.5 Å². The molecule has 1 aromatic rings. The van der Waals surface area contributed by atoms with Crippen molar-refractivity contribution in [1.29, 1.82) is 0 Å². The van der Waals surface area contributed by atoms with E-state index in [-0.39, 0.29) is 17.2 Å². The quantitative estimate of drug-likeness (QED) is 0.737. The van der Waals surface area contributed by atoms with Crippen molar-refractivity contribution in [1.82, 2.24) is 9.97 Å². The number of hydrogen-bond donors (Lipinski definition) is 2. The summed E-state index contributed by atoms with van der Waals surface area (Å²) in [4.78, 5) is 19.7. The lowest BCUT2D eigenvalue weighted by Gasteiger charge is -2.13. The third-order valence-electron chi connectivity index (χ3n) is 2.59. The number of nitrogens with one attached hydrogen (secondary N) is 2. The highest BCUT2D eigenvalue weighted by atomic mass is 35.5. The molecule has 2 rings (SSSR count). The number of halogens is 1. The van der Waals surface area contributed by atoms with Gasteiger partial charge >= 0.3 is 0 Å². The maximum absolute atomic E-state index is 11.6. The first-order chi connectivity index (χ1) is 7.60. The number of amides is 1. The number of carbonyl (C=O) groups is 1. The average Bonchev–Trinajstić information content (AvgIpc) is 2.37. The van der Waals surface area contributed by atoms with Gasteiger partial charge in [-0.25, -0.2) is 4.98 Å². The van der Waals surface area contributed by atoms with Crippen LogP contribution in [-0.4, -0.2) is 21.9 Å². The molecule has 1 aliphatic heterocycles. The summed E-state index contributed by atoms with van der Waals surface area (Å²) in [6.07, 6.45) is 1.29. The van der Waals surface area contributed by atoms with Gasteiger partial charge in [-0.2, -0.15) is 4.98 Å². The molecule has 86 valence electrons. The zero-order valence-electron chi connectivity index (χ0n) is 9.17. The van der Waals surface area contributed by atoms with Crippen molar-refractivity contribution in [3.05, 3.63) is 11.0 Å². The number of aromatic nitrogens is 2. The van der Waals surface area contributed by atoms with Crippen LogP contribution in [0.5, 0.6) is 0 Å². The molecule has 0 fully saturated rings. The molecule has 2 heterocycles. The highest BCUT2D eigenvalue weighted by Crippen LogP contribution is 2.28. The number of nitrogens with zero attached hydrogens (tertiary/aromatic N) is 2. The molecular formula is C10H13ClN4O. The van der Waals surface area contributed by atoms with Crippen molar-refractivity contribution in [2.45, 2.75) is 32.7 Å². The van der Waals surface area contributed by atoms with Crippen LogP contribution in [0, 0.1) is 6.92 Å². The molecule has 6 heteroatoms. The molecule has 16 heavy (non-hydrogen) atoms. The molecule has 0 saturated carbocycles. The Hall–Kier alpha value is -1.36. The Morgan fingerprint density at radius 1 is 1.50 bits per heavy atom. The van der Waals surface area contributed by atoms with Crippen molar-refractivity contribution < 1.29 is 4.79 Å². The van der Waals surface area contributed by atoms with Gasteiger partial charge in [0.2, 0.25) is 11.2 Å². The number of aryl methyl sites for hydroxylation is 1. The van der Waals surface area contributed by atoms with Crippen molar-refractivity contribution >= 4 is 29.0 Å². The average molecular weight is 241 g/mol. The molecule has 0 saturated heterocycles. The van der Waals surface area contributed by atoms with E-state index in [0.29, 0.717) is 23.6 Å².